The van der Waals surface area contributed by atoms with Crippen LogP contribution in [0.5, 0.6) is 0 Å². The van der Waals surface area contributed by atoms with Crippen LogP contribution in [0.1, 0.15) is 19.3 Å². The topological polar surface area (TPSA) is 112 Å². The first-order valence-electron chi connectivity index (χ1n) is 6.01. The summed E-state index contributed by atoms with van der Waals surface area (Å²) in [7, 11) is -3.69. The zero-order chi connectivity index (χ0) is 14.8. The molecule has 0 amide bonds. The van der Waals surface area contributed by atoms with Gasteiger partial charge >= 0.3 is 0 Å². The van der Waals surface area contributed by atoms with E-state index in [4.69, 9.17) is 22.7 Å². The molecule has 1 heterocycles. The van der Waals surface area contributed by atoms with E-state index in [0.29, 0.717) is 0 Å². The first kappa shape index (κ1) is 15.0. The minimum atomic E-state index is -3.69. The van der Waals surface area contributed by atoms with Crippen LogP contribution in [-0.2, 0) is 10.0 Å². The lowest BCUT2D eigenvalue weighted by atomic mass is 10.4. The van der Waals surface area contributed by atoms with Gasteiger partial charge in [0, 0.05) is 25.2 Å². The van der Waals surface area contributed by atoms with Gasteiger partial charge in [-0.1, -0.05) is 11.6 Å². The predicted molar refractivity (Wildman–Crippen MR) is 74.2 cm³/mol. The molecule has 1 aromatic heterocycles. The molecule has 0 aliphatic heterocycles. The molecule has 3 N–H and O–H groups in total. The van der Waals surface area contributed by atoms with Gasteiger partial charge in [0.05, 0.1) is 11.1 Å². The van der Waals surface area contributed by atoms with E-state index in [-0.39, 0.29) is 34.7 Å². The Balaban J connectivity index is 2.32. The minimum absolute atomic E-state index is 0.00587. The monoisotopic (exact) mass is 315 g/mol. The molecule has 0 atom stereocenters. The highest BCUT2D eigenvalue weighted by atomic mass is 35.5. The van der Waals surface area contributed by atoms with Crippen molar-refractivity contribution in [3.05, 3.63) is 17.3 Å². The number of nitrogen functional groups attached to an aromatic ring is 1. The number of nitrogens with zero attached hydrogens (tertiary/aromatic N) is 3. The van der Waals surface area contributed by atoms with Gasteiger partial charge < -0.3 is 5.43 Å². The van der Waals surface area contributed by atoms with Gasteiger partial charge in [0.2, 0.25) is 10.0 Å². The Labute approximate surface area is 122 Å². The summed E-state index contributed by atoms with van der Waals surface area (Å²) in [5.74, 6) is 5.41. The van der Waals surface area contributed by atoms with Gasteiger partial charge in [0.25, 0.3) is 0 Å². The van der Waals surface area contributed by atoms with E-state index in [1.54, 1.807) is 0 Å². The molecule has 9 heteroatoms. The van der Waals surface area contributed by atoms with Gasteiger partial charge in [-0.3, -0.25) is 0 Å². The van der Waals surface area contributed by atoms with Crippen molar-refractivity contribution in [3.8, 4) is 6.07 Å². The fraction of sp³-hybridized carbons (Fsp3) is 0.455. The molecule has 1 aliphatic rings. The molecule has 0 saturated heterocycles. The maximum absolute atomic E-state index is 12.5. The van der Waals surface area contributed by atoms with Crippen LogP contribution < -0.4 is 11.3 Å². The molecule has 1 aliphatic carbocycles. The summed E-state index contributed by atoms with van der Waals surface area (Å²) in [4.78, 5) is 3.87. The second kappa shape index (κ2) is 5.93. The van der Waals surface area contributed by atoms with Crippen molar-refractivity contribution in [2.45, 2.75) is 30.2 Å². The van der Waals surface area contributed by atoms with Crippen molar-refractivity contribution in [3.63, 3.8) is 0 Å². The van der Waals surface area contributed by atoms with E-state index in [1.807, 2.05) is 6.07 Å². The summed E-state index contributed by atoms with van der Waals surface area (Å²) in [6, 6.07) is 3.24. The van der Waals surface area contributed by atoms with Crippen molar-refractivity contribution in [1.82, 2.24) is 9.29 Å². The maximum atomic E-state index is 12.5. The molecule has 0 spiro atoms. The molecule has 7 nitrogen and oxygen atoms in total. The number of hydrogen-bond donors (Lipinski definition) is 2. The highest BCUT2D eigenvalue weighted by Gasteiger charge is 2.38. The third-order valence-corrected chi connectivity index (χ3v) is 5.16. The minimum Gasteiger partial charge on any atom is -0.307 e. The van der Waals surface area contributed by atoms with Crippen molar-refractivity contribution >= 4 is 27.4 Å². The largest absolute Gasteiger partial charge is 0.307 e. The number of aromatic nitrogens is 1. The summed E-state index contributed by atoms with van der Waals surface area (Å²) in [6.07, 6.45) is 2.99. The fourth-order valence-electron chi connectivity index (χ4n) is 1.82. The van der Waals surface area contributed by atoms with Gasteiger partial charge in [0.1, 0.15) is 4.90 Å². The third-order valence-electron chi connectivity index (χ3n) is 2.96. The van der Waals surface area contributed by atoms with E-state index in [9.17, 15) is 8.42 Å². The lowest BCUT2D eigenvalue weighted by molar-refractivity contribution is 0.410. The molecule has 20 heavy (non-hydrogen) atoms. The second-order valence-electron chi connectivity index (χ2n) is 4.40. The Kier molecular flexibility index (Phi) is 4.45. The number of halogens is 1. The number of hydrogen-bond acceptors (Lipinski definition) is 6. The molecule has 1 aromatic rings. The van der Waals surface area contributed by atoms with Crippen molar-refractivity contribution < 1.29 is 8.42 Å². The number of hydrazine groups is 1. The van der Waals surface area contributed by atoms with E-state index in [0.717, 1.165) is 12.8 Å². The van der Waals surface area contributed by atoms with E-state index in [2.05, 4.69) is 10.4 Å². The number of anilines is 1. The number of nitrogens with two attached hydrogens (primary N) is 1. The van der Waals surface area contributed by atoms with Crippen LogP contribution in [0.25, 0.3) is 0 Å². The van der Waals surface area contributed by atoms with E-state index >= 15 is 0 Å². The van der Waals surface area contributed by atoms with Crippen LogP contribution in [0.2, 0.25) is 5.02 Å². The van der Waals surface area contributed by atoms with Crippen molar-refractivity contribution in [2.75, 3.05) is 12.0 Å². The van der Waals surface area contributed by atoms with Crippen LogP contribution in [0.3, 0.4) is 0 Å². The average Bonchev–Trinajstić information content (AvgIpc) is 3.23. The van der Waals surface area contributed by atoms with E-state index in [1.165, 1.54) is 16.6 Å². The Bertz CT molecular complexity index is 639. The fourth-order valence-corrected chi connectivity index (χ4v) is 3.77. The Morgan fingerprint density at radius 3 is 2.80 bits per heavy atom. The van der Waals surface area contributed by atoms with Gasteiger partial charge in [-0.15, -0.1) is 0 Å². The van der Waals surface area contributed by atoms with Gasteiger partial charge in [-0.2, -0.15) is 9.57 Å². The number of sulfonamides is 1. The Morgan fingerprint density at radius 1 is 1.60 bits per heavy atom. The number of pyridine rings is 1. The second-order valence-corrected chi connectivity index (χ2v) is 6.70. The van der Waals surface area contributed by atoms with Crippen LogP contribution in [0, 0.1) is 11.3 Å². The number of nitrogens with one attached hydrogen (secondary N) is 1. The highest BCUT2D eigenvalue weighted by Crippen LogP contribution is 2.33. The normalized spacial score (nSPS) is 15.1. The van der Waals surface area contributed by atoms with Gasteiger partial charge in [0.15, 0.2) is 5.82 Å². The summed E-state index contributed by atoms with van der Waals surface area (Å²) >= 11 is 5.90. The SMILES string of the molecule is N#CCCN(C1CC1)S(=O)(=O)c1cnc(NN)c(Cl)c1. The summed E-state index contributed by atoms with van der Waals surface area (Å²) in [5.41, 5.74) is 2.28. The summed E-state index contributed by atoms with van der Waals surface area (Å²) in [6.45, 7) is 0.179. The zero-order valence-corrected chi connectivity index (χ0v) is 12.2. The summed E-state index contributed by atoms with van der Waals surface area (Å²) < 4.78 is 26.4. The highest BCUT2D eigenvalue weighted by molar-refractivity contribution is 7.89. The average molecular weight is 316 g/mol. The maximum Gasteiger partial charge on any atom is 0.244 e. The van der Waals surface area contributed by atoms with Crippen molar-refractivity contribution in [2.24, 2.45) is 5.84 Å². The van der Waals surface area contributed by atoms with Crippen LogP contribution in [0.15, 0.2) is 17.2 Å². The first-order valence-corrected chi connectivity index (χ1v) is 7.83. The molecule has 0 radical (unpaired) electrons. The zero-order valence-electron chi connectivity index (χ0n) is 10.6. The van der Waals surface area contributed by atoms with Gasteiger partial charge in [-0.05, 0) is 18.9 Å². The quantitative estimate of drug-likeness (QED) is 0.600. The molecule has 1 saturated carbocycles. The molecule has 0 unspecified atom stereocenters. The molecular weight excluding hydrogens is 302 g/mol. The number of rotatable bonds is 6. The standard InChI is InChI=1S/C11H14ClN5O2S/c12-10-6-9(7-15-11(10)16-14)20(18,19)17(5-1-4-13)8-2-3-8/h6-8H,1-3,5,14H2,(H,15,16). The lowest BCUT2D eigenvalue weighted by Crippen LogP contribution is -2.34. The van der Waals surface area contributed by atoms with Crippen molar-refractivity contribution in [1.29, 1.82) is 5.26 Å². The molecular formula is C11H14ClN5O2S. The van der Waals surface area contributed by atoms with E-state index < -0.39 is 10.0 Å². The molecule has 2 rings (SSSR count). The molecule has 0 bridgehead atoms. The molecule has 108 valence electrons. The summed E-state index contributed by atoms with van der Waals surface area (Å²) in [5, 5.41) is 8.77. The molecule has 0 aromatic carbocycles. The van der Waals surface area contributed by atoms with Gasteiger partial charge in [-0.25, -0.2) is 19.2 Å². The van der Waals surface area contributed by atoms with Crippen LogP contribution in [-0.4, -0.2) is 30.3 Å². The van der Waals surface area contributed by atoms with Crippen LogP contribution >= 0.6 is 11.6 Å². The van der Waals surface area contributed by atoms with Crippen LogP contribution in [0.4, 0.5) is 5.82 Å². The Morgan fingerprint density at radius 2 is 2.30 bits per heavy atom. The Hall–Kier alpha value is -1.40. The lowest BCUT2D eigenvalue weighted by Gasteiger charge is -2.20. The predicted octanol–water partition coefficient (Wildman–Crippen LogP) is 1.09. The first-order chi connectivity index (χ1) is 9.50. The smallest absolute Gasteiger partial charge is 0.244 e. The molecule has 1 fully saturated rings. The number of nitriles is 1. The third kappa shape index (κ3) is 3.02.